The van der Waals surface area contributed by atoms with Gasteiger partial charge in [0, 0.05) is 30.6 Å². The number of hydrogen-bond donors (Lipinski definition) is 2. The number of benzene rings is 1. The molecule has 2 amide bonds. The van der Waals surface area contributed by atoms with Crippen molar-refractivity contribution in [3.63, 3.8) is 0 Å². The van der Waals surface area contributed by atoms with E-state index in [0.29, 0.717) is 12.1 Å². The Balaban J connectivity index is 1.82. The fourth-order valence-corrected chi connectivity index (χ4v) is 3.72. The minimum Gasteiger partial charge on any atom is -0.371 e. The molecule has 25 heavy (non-hydrogen) atoms. The fraction of sp³-hybridized carbons (Fsp3) is 0.368. The van der Waals surface area contributed by atoms with Crippen LogP contribution in [-0.4, -0.2) is 24.9 Å². The highest BCUT2D eigenvalue weighted by Crippen LogP contribution is 2.28. The summed E-state index contributed by atoms with van der Waals surface area (Å²) in [5, 5.41) is 7.81. The van der Waals surface area contributed by atoms with Crippen molar-refractivity contribution in [3.8, 4) is 0 Å². The van der Waals surface area contributed by atoms with E-state index in [-0.39, 0.29) is 11.8 Å². The van der Waals surface area contributed by atoms with Crippen LogP contribution in [0.2, 0.25) is 0 Å². The molecule has 1 aromatic carbocycles. The first-order chi connectivity index (χ1) is 12.1. The van der Waals surface area contributed by atoms with Crippen LogP contribution in [0.1, 0.15) is 41.4 Å². The van der Waals surface area contributed by atoms with Crippen LogP contribution < -0.4 is 15.5 Å². The number of amides is 2. The van der Waals surface area contributed by atoms with Crippen molar-refractivity contribution < 1.29 is 9.59 Å². The predicted molar refractivity (Wildman–Crippen MR) is 102 cm³/mol. The Morgan fingerprint density at radius 3 is 2.64 bits per heavy atom. The van der Waals surface area contributed by atoms with Crippen LogP contribution in [0, 0.1) is 0 Å². The molecule has 132 valence electrons. The van der Waals surface area contributed by atoms with Crippen LogP contribution in [-0.2, 0) is 11.3 Å². The lowest BCUT2D eigenvalue weighted by Gasteiger charge is -2.30. The average Bonchev–Trinajstić information content (AvgIpc) is 3.13. The molecule has 0 unspecified atom stereocenters. The summed E-state index contributed by atoms with van der Waals surface area (Å²) < 4.78 is 0. The first-order valence-electron chi connectivity index (χ1n) is 8.60. The zero-order chi connectivity index (χ0) is 17.6. The van der Waals surface area contributed by atoms with Crippen LogP contribution in [0.15, 0.2) is 35.7 Å². The molecule has 5 nitrogen and oxygen atoms in total. The van der Waals surface area contributed by atoms with E-state index in [9.17, 15) is 9.59 Å². The zero-order valence-corrected chi connectivity index (χ0v) is 15.2. The summed E-state index contributed by atoms with van der Waals surface area (Å²) in [5.41, 5.74) is 2.28. The molecule has 1 aliphatic rings. The molecule has 1 saturated heterocycles. The summed E-state index contributed by atoms with van der Waals surface area (Å²) in [6.07, 6.45) is 3.48. The maximum absolute atomic E-state index is 12.7. The first kappa shape index (κ1) is 17.5. The van der Waals surface area contributed by atoms with Gasteiger partial charge in [0.25, 0.3) is 5.91 Å². The number of nitrogens with zero attached hydrogens (tertiary/aromatic N) is 1. The Kier molecular flexibility index (Phi) is 5.71. The Labute approximate surface area is 152 Å². The summed E-state index contributed by atoms with van der Waals surface area (Å²) >= 11 is 1.63. The summed E-state index contributed by atoms with van der Waals surface area (Å²) in [5.74, 6) is -0.192. The summed E-state index contributed by atoms with van der Waals surface area (Å²) in [4.78, 5) is 27.4. The normalized spacial score (nSPS) is 14.2. The number of carbonyl (C=O) groups excluding carboxylic acids is 2. The van der Waals surface area contributed by atoms with Gasteiger partial charge in [0.15, 0.2) is 0 Å². The van der Waals surface area contributed by atoms with Gasteiger partial charge in [0.2, 0.25) is 5.91 Å². The van der Waals surface area contributed by atoms with Gasteiger partial charge in [-0.3, -0.25) is 9.59 Å². The second-order valence-electron chi connectivity index (χ2n) is 6.22. The highest BCUT2D eigenvalue weighted by Gasteiger charge is 2.19. The van der Waals surface area contributed by atoms with Crippen molar-refractivity contribution in [2.75, 3.05) is 23.3 Å². The third-order valence-corrected chi connectivity index (χ3v) is 5.14. The largest absolute Gasteiger partial charge is 0.371 e. The SMILES string of the molecule is CC(=O)Nc1ccc(C(=O)NCc2cccs2)c(N2CCCCC2)c1. The molecule has 0 radical (unpaired) electrons. The zero-order valence-electron chi connectivity index (χ0n) is 14.4. The number of piperidine rings is 1. The van der Waals surface area contributed by atoms with Crippen LogP contribution in [0.4, 0.5) is 11.4 Å². The molecule has 1 fully saturated rings. The number of thiophene rings is 1. The van der Waals surface area contributed by atoms with Crippen molar-refractivity contribution in [3.05, 3.63) is 46.2 Å². The lowest BCUT2D eigenvalue weighted by Crippen LogP contribution is -2.32. The average molecular weight is 357 g/mol. The molecule has 2 aromatic rings. The van der Waals surface area contributed by atoms with Crippen LogP contribution in [0.5, 0.6) is 0 Å². The molecule has 0 atom stereocenters. The maximum Gasteiger partial charge on any atom is 0.253 e. The first-order valence-corrected chi connectivity index (χ1v) is 9.48. The van der Waals surface area contributed by atoms with Crippen molar-refractivity contribution in [1.29, 1.82) is 0 Å². The summed E-state index contributed by atoms with van der Waals surface area (Å²) in [7, 11) is 0. The molecular formula is C19H23N3O2S. The van der Waals surface area contributed by atoms with Crippen LogP contribution >= 0.6 is 11.3 Å². The molecule has 2 heterocycles. The van der Waals surface area contributed by atoms with Crippen LogP contribution in [0.25, 0.3) is 0 Å². The minimum atomic E-state index is -0.112. The monoisotopic (exact) mass is 357 g/mol. The van der Waals surface area contributed by atoms with E-state index in [2.05, 4.69) is 15.5 Å². The van der Waals surface area contributed by atoms with Gasteiger partial charge in [0.1, 0.15) is 0 Å². The van der Waals surface area contributed by atoms with Gasteiger partial charge < -0.3 is 15.5 Å². The Morgan fingerprint density at radius 1 is 1.16 bits per heavy atom. The smallest absolute Gasteiger partial charge is 0.253 e. The van der Waals surface area contributed by atoms with Gasteiger partial charge in [0.05, 0.1) is 17.8 Å². The Morgan fingerprint density at radius 2 is 1.96 bits per heavy atom. The molecule has 3 rings (SSSR count). The number of anilines is 2. The number of nitrogens with one attached hydrogen (secondary N) is 2. The standard InChI is InChI=1S/C19H23N3O2S/c1-14(23)21-15-7-8-17(18(12-15)22-9-3-2-4-10-22)19(24)20-13-16-6-5-11-25-16/h5-8,11-12H,2-4,9-10,13H2,1H3,(H,20,24)(H,21,23). The van der Waals surface area contributed by atoms with Crippen molar-refractivity contribution >= 4 is 34.5 Å². The maximum atomic E-state index is 12.7. The second-order valence-corrected chi connectivity index (χ2v) is 7.26. The molecule has 0 aliphatic carbocycles. The second kappa shape index (κ2) is 8.16. The van der Waals surface area contributed by atoms with Gasteiger partial charge >= 0.3 is 0 Å². The number of carbonyl (C=O) groups is 2. The molecular weight excluding hydrogens is 334 g/mol. The highest BCUT2D eigenvalue weighted by atomic mass is 32.1. The lowest BCUT2D eigenvalue weighted by molar-refractivity contribution is -0.114. The van der Waals surface area contributed by atoms with Crippen LogP contribution in [0.3, 0.4) is 0 Å². The van der Waals surface area contributed by atoms with Gasteiger partial charge in [-0.25, -0.2) is 0 Å². The lowest BCUT2D eigenvalue weighted by atomic mass is 10.1. The van der Waals surface area contributed by atoms with Crippen molar-refractivity contribution in [2.24, 2.45) is 0 Å². The highest BCUT2D eigenvalue weighted by molar-refractivity contribution is 7.09. The fourth-order valence-electron chi connectivity index (χ4n) is 3.08. The third kappa shape index (κ3) is 4.60. The van der Waals surface area contributed by atoms with E-state index < -0.39 is 0 Å². The van der Waals surface area contributed by atoms with E-state index >= 15 is 0 Å². The minimum absolute atomic E-state index is 0.0802. The van der Waals surface area contributed by atoms with Gasteiger partial charge in [-0.05, 0) is 48.9 Å². The van der Waals surface area contributed by atoms with E-state index in [0.717, 1.165) is 42.2 Å². The summed E-state index contributed by atoms with van der Waals surface area (Å²) in [6, 6.07) is 9.49. The number of hydrogen-bond acceptors (Lipinski definition) is 4. The third-order valence-electron chi connectivity index (χ3n) is 4.26. The molecule has 1 aliphatic heterocycles. The van der Waals surface area contributed by atoms with Gasteiger partial charge in [-0.2, -0.15) is 0 Å². The molecule has 6 heteroatoms. The van der Waals surface area contributed by atoms with E-state index in [1.54, 1.807) is 23.5 Å². The van der Waals surface area contributed by atoms with E-state index in [4.69, 9.17) is 0 Å². The van der Waals surface area contributed by atoms with Crippen molar-refractivity contribution in [2.45, 2.75) is 32.7 Å². The molecule has 0 saturated carbocycles. The molecule has 2 N–H and O–H groups in total. The Hall–Kier alpha value is -2.34. The van der Waals surface area contributed by atoms with E-state index in [1.807, 2.05) is 23.6 Å². The molecule has 1 aromatic heterocycles. The Bertz CT molecular complexity index is 737. The van der Waals surface area contributed by atoms with Crippen molar-refractivity contribution in [1.82, 2.24) is 5.32 Å². The topological polar surface area (TPSA) is 61.4 Å². The number of rotatable bonds is 5. The predicted octanol–water partition coefficient (Wildman–Crippen LogP) is 3.63. The molecule has 0 bridgehead atoms. The van der Waals surface area contributed by atoms with E-state index in [1.165, 1.54) is 13.3 Å². The molecule has 0 spiro atoms. The quantitative estimate of drug-likeness (QED) is 0.859. The van der Waals surface area contributed by atoms with Gasteiger partial charge in [-0.1, -0.05) is 6.07 Å². The summed E-state index contributed by atoms with van der Waals surface area (Å²) in [6.45, 7) is 3.90. The van der Waals surface area contributed by atoms with Gasteiger partial charge in [-0.15, -0.1) is 11.3 Å².